The summed E-state index contributed by atoms with van der Waals surface area (Å²) in [7, 11) is 0. The lowest BCUT2D eigenvalue weighted by Crippen LogP contribution is -2.43. The van der Waals surface area contributed by atoms with Crippen LogP contribution >= 0.6 is 0 Å². The van der Waals surface area contributed by atoms with Crippen molar-refractivity contribution in [3.05, 3.63) is 161 Å². The van der Waals surface area contributed by atoms with Crippen molar-refractivity contribution in [3.63, 3.8) is 0 Å². The summed E-state index contributed by atoms with van der Waals surface area (Å²) in [5.41, 5.74) is 6.09. The van der Waals surface area contributed by atoms with E-state index in [1.807, 2.05) is 81.4 Å². The minimum atomic E-state index is -1.06. The number of Topliss-reactive ketones (excluding diaryl/α,β-unsaturated/α-hetero) is 1. The maximum atomic E-state index is 13.5. The van der Waals surface area contributed by atoms with Crippen LogP contribution in [0.5, 0.6) is 5.75 Å². The van der Waals surface area contributed by atoms with Gasteiger partial charge in [0.05, 0.1) is 5.56 Å². The van der Waals surface area contributed by atoms with Crippen LogP contribution < -0.4 is 10.1 Å². The first kappa shape index (κ1) is 36.6. The zero-order valence-electron chi connectivity index (χ0n) is 29.9. The second-order valence-corrected chi connectivity index (χ2v) is 13.8. The van der Waals surface area contributed by atoms with Gasteiger partial charge in [-0.3, -0.25) is 4.79 Å². The molecule has 270 valence electrons. The second-order valence-electron chi connectivity index (χ2n) is 13.8. The number of fused-ring (bicyclic) bond motifs is 3. The number of hydrogen-bond acceptors (Lipinski definition) is 8. The Labute approximate surface area is 308 Å². The SMILES string of the molecule is CC(C)(C)Oc1ccc(C[C@H](NC(=O)OCC2c3ccccc3-c3ccccc32)C(=O)OCc2ccc(C(=O)OCC(=O)c3ccccc3)cc2)cc1. The Morgan fingerprint density at radius 3 is 1.85 bits per heavy atom. The maximum absolute atomic E-state index is 13.5. The lowest BCUT2D eigenvalue weighted by molar-refractivity contribution is -0.147. The predicted molar refractivity (Wildman–Crippen MR) is 200 cm³/mol. The van der Waals surface area contributed by atoms with E-state index < -0.39 is 24.1 Å². The Morgan fingerprint density at radius 2 is 1.23 bits per heavy atom. The molecule has 0 unspecified atom stereocenters. The molecule has 0 saturated heterocycles. The molecule has 1 aliphatic carbocycles. The molecule has 5 aromatic carbocycles. The van der Waals surface area contributed by atoms with E-state index in [4.69, 9.17) is 18.9 Å². The van der Waals surface area contributed by atoms with Crippen LogP contribution in [0.4, 0.5) is 4.79 Å². The van der Waals surface area contributed by atoms with Crippen LogP contribution in [-0.4, -0.2) is 48.7 Å². The summed E-state index contributed by atoms with van der Waals surface area (Å²) in [4.78, 5) is 51.6. The number of ketones is 1. The van der Waals surface area contributed by atoms with Crippen LogP contribution in [0.15, 0.2) is 127 Å². The molecule has 1 N–H and O–H groups in total. The summed E-state index contributed by atoms with van der Waals surface area (Å²) in [6, 6.07) is 37.3. The minimum absolute atomic E-state index is 0.0929. The normalized spacial score (nSPS) is 12.5. The first-order valence-corrected chi connectivity index (χ1v) is 17.4. The third kappa shape index (κ3) is 9.56. The van der Waals surface area contributed by atoms with Gasteiger partial charge in [0.15, 0.2) is 12.4 Å². The number of hydrogen-bond donors (Lipinski definition) is 1. The Bertz CT molecular complexity index is 2020. The zero-order valence-corrected chi connectivity index (χ0v) is 29.9. The molecular weight excluding hydrogens is 670 g/mol. The fourth-order valence-electron chi connectivity index (χ4n) is 6.17. The van der Waals surface area contributed by atoms with Gasteiger partial charge in [0.1, 0.15) is 30.6 Å². The maximum Gasteiger partial charge on any atom is 0.407 e. The number of carbonyl (C=O) groups is 4. The monoisotopic (exact) mass is 711 g/mol. The predicted octanol–water partition coefficient (Wildman–Crippen LogP) is 8.10. The Balaban J connectivity index is 1.08. The summed E-state index contributed by atoms with van der Waals surface area (Å²) in [6.45, 7) is 5.48. The molecule has 0 spiro atoms. The number of esters is 2. The van der Waals surface area contributed by atoms with Gasteiger partial charge < -0.3 is 24.3 Å². The fourth-order valence-corrected chi connectivity index (χ4v) is 6.17. The van der Waals surface area contributed by atoms with E-state index >= 15 is 0 Å². The largest absolute Gasteiger partial charge is 0.488 e. The number of rotatable bonds is 13. The van der Waals surface area contributed by atoms with Crippen LogP contribution in [-0.2, 0) is 32.0 Å². The second kappa shape index (κ2) is 16.4. The number of amides is 1. The number of nitrogens with one attached hydrogen (secondary N) is 1. The molecule has 0 bridgehead atoms. The average molecular weight is 712 g/mol. The van der Waals surface area contributed by atoms with Crippen molar-refractivity contribution in [2.24, 2.45) is 0 Å². The van der Waals surface area contributed by atoms with E-state index in [2.05, 4.69) is 17.4 Å². The van der Waals surface area contributed by atoms with Gasteiger partial charge in [0, 0.05) is 17.9 Å². The lowest BCUT2D eigenvalue weighted by Gasteiger charge is -2.22. The van der Waals surface area contributed by atoms with Crippen LogP contribution in [0.1, 0.15) is 69.7 Å². The van der Waals surface area contributed by atoms with E-state index in [-0.39, 0.29) is 49.1 Å². The van der Waals surface area contributed by atoms with E-state index in [9.17, 15) is 19.2 Å². The van der Waals surface area contributed by atoms with Crippen molar-refractivity contribution in [3.8, 4) is 16.9 Å². The zero-order chi connectivity index (χ0) is 37.4. The van der Waals surface area contributed by atoms with Crippen molar-refractivity contribution < 1.29 is 38.1 Å². The quantitative estimate of drug-likeness (QED) is 0.0740. The Morgan fingerprint density at radius 1 is 0.642 bits per heavy atom. The van der Waals surface area contributed by atoms with Crippen molar-refractivity contribution in [2.45, 2.75) is 51.4 Å². The molecule has 0 aliphatic heterocycles. The molecule has 1 atom stereocenters. The Kier molecular flexibility index (Phi) is 11.3. The molecule has 0 saturated carbocycles. The van der Waals surface area contributed by atoms with Gasteiger partial charge in [-0.05, 0) is 78.4 Å². The molecule has 9 nitrogen and oxygen atoms in total. The molecule has 0 radical (unpaired) electrons. The van der Waals surface area contributed by atoms with Crippen molar-refractivity contribution >= 4 is 23.8 Å². The van der Waals surface area contributed by atoms with Crippen LogP contribution in [0.25, 0.3) is 11.1 Å². The van der Waals surface area contributed by atoms with Gasteiger partial charge in [-0.2, -0.15) is 0 Å². The van der Waals surface area contributed by atoms with E-state index in [1.54, 1.807) is 42.5 Å². The molecule has 6 rings (SSSR count). The molecule has 0 heterocycles. The third-order valence-corrected chi connectivity index (χ3v) is 8.71. The summed E-state index contributed by atoms with van der Waals surface area (Å²) >= 11 is 0. The highest BCUT2D eigenvalue weighted by Gasteiger charge is 2.30. The molecule has 1 aliphatic rings. The molecule has 0 aromatic heterocycles. The van der Waals surface area contributed by atoms with E-state index in [0.29, 0.717) is 16.9 Å². The van der Waals surface area contributed by atoms with Gasteiger partial charge in [-0.15, -0.1) is 0 Å². The van der Waals surface area contributed by atoms with E-state index in [0.717, 1.165) is 27.8 Å². The highest BCUT2D eigenvalue weighted by molar-refractivity contribution is 5.99. The van der Waals surface area contributed by atoms with Gasteiger partial charge in [0.25, 0.3) is 0 Å². The number of ether oxygens (including phenoxy) is 4. The van der Waals surface area contributed by atoms with Gasteiger partial charge >= 0.3 is 18.0 Å². The molecule has 0 fully saturated rings. The Hall–Kier alpha value is -6.22. The summed E-state index contributed by atoms with van der Waals surface area (Å²) in [6.07, 6.45) is -0.596. The van der Waals surface area contributed by atoms with Crippen molar-refractivity contribution in [1.29, 1.82) is 0 Å². The van der Waals surface area contributed by atoms with Gasteiger partial charge in [-0.25, -0.2) is 14.4 Å². The van der Waals surface area contributed by atoms with Crippen LogP contribution in [0, 0.1) is 0 Å². The number of alkyl carbamates (subject to hydrolysis) is 1. The van der Waals surface area contributed by atoms with Crippen LogP contribution in [0.3, 0.4) is 0 Å². The van der Waals surface area contributed by atoms with Gasteiger partial charge in [-0.1, -0.05) is 103 Å². The third-order valence-electron chi connectivity index (χ3n) is 8.71. The van der Waals surface area contributed by atoms with Gasteiger partial charge in [0.2, 0.25) is 0 Å². The number of benzene rings is 5. The molecular formula is C44H41NO8. The summed E-state index contributed by atoms with van der Waals surface area (Å²) < 4.78 is 22.5. The minimum Gasteiger partial charge on any atom is -0.488 e. The smallest absolute Gasteiger partial charge is 0.407 e. The lowest BCUT2D eigenvalue weighted by atomic mass is 9.98. The summed E-state index contributed by atoms with van der Waals surface area (Å²) in [5.74, 6) is -1.07. The van der Waals surface area contributed by atoms with Crippen molar-refractivity contribution in [1.82, 2.24) is 5.32 Å². The first-order chi connectivity index (χ1) is 25.5. The average Bonchev–Trinajstić information content (AvgIpc) is 3.49. The molecule has 53 heavy (non-hydrogen) atoms. The van der Waals surface area contributed by atoms with E-state index in [1.165, 1.54) is 12.1 Å². The van der Waals surface area contributed by atoms with Crippen LogP contribution in [0.2, 0.25) is 0 Å². The first-order valence-electron chi connectivity index (χ1n) is 17.4. The topological polar surface area (TPSA) is 117 Å². The molecule has 9 heteroatoms. The molecule has 1 amide bonds. The molecule has 5 aromatic rings. The highest BCUT2D eigenvalue weighted by Crippen LogP contribution is 2.44. The number of carbonyl (C=O) groups excluding carboxylic acids is 4. The fraction of sp³-hybridized carbons (Fsp3) is 0.227. The standard InChI is InChI=1S/C44H41NO8/c1-44(2,3)53-33-23-19-29(20-24-33)25-39(45-43(49)52-27-38-36-15-9-7-13-34(36)35-14-8-10-16-37(35)38)42(48)50-26-30-17-21-32(22-18-30)41(47)51-28-40(46)31-11-5-4-6-12-31/h4-24,38-39H,25-28H2,1-3H3,(H,45,49)/t39-/m0/s1. The highest BCUT2D eigenvalue weighted by atomic mass is 16.6. The van der Waals surface area contributed by atoms with Crippen molar-refractivity contribution in [2.75, 3.05) is 13.2 Å². The summed E-state index contributed by atoms with van der Waals surface area (Å²) in [5, 5.41) is 2.73.